The Morgan fingerprint density at radius 2 is 2.15 bits per heavy atom. The molecule has 2 rings (SSSR count). The lowest BCUT2D eigenvalue weighted by molar-refractivity contribution is 0.251. The van der Waals surface area contributed by atoms with Crippen molar-refractivity contribution in [3.63, 3.8) is 0 Å². The minimum absolute atomic E-state index is 0.687. The van der Waals surface area contributed by atoms with Gasteiger partial charge in [0.1, 0.15) is 0 Å². The molecule has 0 aliphatic heterocycles. The average Bonchev–Trinajstić information content (AvgIpc) is 2.50. The number of nitrogens with one attached hydrogen (secondary N) is 1. The molecule has 0 saturated heterocycles. The van der Waals surface area contributed by atoms with Gasteiger partial charge in [-0.1, -0.05) is 31.2 Å². The summed E-state index contributed by atoms with van der Waals surface area (Å²) in [5, 5.41) is 3.66. The zero-order valence-electron chi connectivity index (χ0n) is 13.4. The van der Waals surface area contributed by atoms with Crippen LogP contribution in [0.25, 0.3) is 0 Å². The summed E-state index contributed by atoms with van der Waals surface area (Å²) in [6, 6.07) is 9.68. The number of fused-ring (bicyclic) bond motifs is 1. The number of hydrogen-bond donors (Lipinski definition) is 1. The van der Waals surface area contributed by atoms with E-state index in [1.165, 1.54) is 25.7 Å². The molecule has 112 valence electrons. The standard InChI is InChI=1S/C18H30N2/c1-4-15(2)20(3)13-12-19-14-17-10-7-9-16-8-5-6-11-18(16)17/h5-6,8,11,15,17,19H,4,7,9-10,12-14H2,1-3H3. The first kappa shape index (κ1) is 15.5. The van der Waals surface area contributed by atoms with Crippen molar-refractivity contribution in [2.75, 3.05) is 26.7 Å². The second-order valence-corrected chi connectivity index (χ2v) is 6.23. The highest BCUT2D eigenvalue weighted by Crippen LogP contribution is 2.30. The number of nitrogens with zero attached hydrogens (tertiary/aromatic N) is 1. The van der Waals surface area contributed by atoms with Crippen molar-refractivity contribution >= 4 is 0 Å². The number of aryl methyl sites for hydroxylation is 1. The van der Waals surface area contributed by atoms with Gasteiger partial charge < -0.3 is 10.2 Å². The molecular weight excluding hydrogens is 244 g/mol. The Labute approximate surface area is 124 Å². The van der Waals surface area contributed by atoms with E-state index in [1.54, 1.807) is 11.1 Å². The second kappa shape index (κ2) is 7.80. The van der Waals surface area contributed by atoms with Gasteiger partial charge in [0.25, 0.3) is 0 Å². The number of likely N-dealkylation sites (N-methyl/N-ethyl adjacent to an activating group) is 1. The van der Waals surface area contributed by atoms with Gasteiger partial charge in [-0.2, -0.15) is 0 Å². The first-order valence-electron chi connectivity index (χ1n) is 8.21. The topological polar surface area (TPSA) is 15.3 Å². The highest BCUT2D eigenvalue weighted by Gasteiger charge is 2.19. The quantitative estimate of drug-likeness (QED) is 0.766. The zero-order chi connectivity index (χ0) is 14.4. The predicted molar refractivity (Wildman–Crippen MR) is 87.4 cm³/mol. The number of benzene rings is 1. The number of hydrogen-bond acceptors (Lipinski definition) is 2. The lowest BCUT2D eigenvalue weighted by atomic mass is 9.83. The van der Waals surface area contributed by atoms with E-state index in [1.807, 2.05) is 0 Å². The Bertz CT molecular complexity index is 402. The van der Waals surface area contributed by atoms with E-state index in [0.717, 1.165) is 19.6 Å². The molecule has 2 nitrogen and oxygen atoms in total. The first-order chi connectivity index (χ1) is 9.72. The summed E-state index contributed by atoms with van der Waals surface area (Å²) in [6.07, 6.45) is 5.18. The van der Waals surface area contributed by atoms with E-state index in [2.05, 4.69) is 55.4 Å². The smallest absolute Gasteiger partial charge is 0.0107 e. The molecule has 1 aliphatic rings. The Morgan fingerprint density at radius 1 is 1.35 bits per heavy atom. The van der Waals surface area contributed by atoms with Crippen LogP contribution in [0.1, 0.15) is 50.2 Å². The van der Waals surface area contributed by atoms with E-state index in [4.69, 9.17) is 0 Å². The summed E-state index contributed by atoms with van der Waals surface area (Å²) in [4.78, 5) is 2.45. The highest BCUT2D eigenvalue weighted by molar-refractivity contribution is 5.32. The van der Waals surface area contributed by atoms with Gasteiger partial charge in [-0.05, 0) is 56.7 Å². The monoisotopic (exact) mass is 274 g/mol. The second-order valence-electron chi connectivity index (χ2n) is 6.23. The molecule has 0 saturated carbocycles. The summed E-state index contributed by atoms with van der Waals surface area (Å²) < 4.78 is 0. The summed E-state index contributed by atoms with van der Waals surface area (Å²) in [5.41, 5.74) is 3.16. The lowest BCUT2D eigenvalue weighted by Gasteiger charge is -2.27. The molecule has 2 unspecified atom stereocenters. The average molecular weight is 274 g/mol. The molecule has 2 heteroatoms. The van der Waals surface area contributed by atoms with Crippen LogP contribution in [0.4, 0.5) is 0 Å². The molecule has 0 spiro atoms. The molecule has 0 aromatic heterocycles. The molecular formula is C18H30N2. The van der Waals surface area contributed by atoms with Gasteiger partial charge in [-0.3, -0.25) is 0 Å². The fourth-order valence-electron chi connectivity index (χ4n) is 3.13. The summed E-state index contributed by atoms with van der Waals surface area (Å²) in [5.74, 6) is 0.717. The van der Waals surface area contributed by atoms with E-state index >= 15 is 0 Å². The molecule has 20 heavy (non-hydrogen) atoms. The van der Waals surface area contributed by atoms with E-state index in [0.29, 0.717) is 12.0 Å². The third-order valence-corrected chi connectivity index (χ3v) is 4.87. The van der Waals surface area contributed by atoms with Gasteiger partial charge >= 0.3 is 0 Å². The Morgan fingerprint density at radius 3 is 2.95 bits per heavy atom. The fourth-order valence-corrected chi connectivity index (χ4v) is 3.13. The molecule has 0 bridgehead atoms. The van der Waals surface area contributed by atoms with Gasteiger partial charge in [0.05, 0.1) is 0 Å². The zero-order valence-corrected chi connectivity index (χ0v) is 13.4. The van der Waals surface area contributed by atoms with Crippen molar-refractivity contribution in [1.82, 2.24) is 10.2 Å². The van der Waals surface area contributed by atoms with Crippen molar-refractivity contribution in [1.29, 1.82) is 0 Å². The maximum absolute atomic E-state index is 3.66. The van der Waals surface area contributed by atoms with Crippen LogP contribution in [0.2, 0.25) is 0 Å². The molecule has 0 amide bonds. The van der Waals surface area contributed by atoms with Gasteiger partial charge in [-0.15, -0.1) is 0 Å². The van der Waals surface area contributed by atoms with E-state index in [-0.39, 0.29) is 0 Å². The highest BCUT2D eigenvalue weighted by atomic mass is 15.1. The van der Waals surface area contributed by atoms with Crippen LogP contribution in [-0.4, -0.2) is 37.6 Å². The molecule has 1 N–H and O–H groups in total. The molecule has 1 aliphatic carbocycles. The van der Waals surface area contributed by atoms with Crippen LogP contribution >= 0.6 is 0 Å². The fraction of sp³-hybridized carbons (Fsp3) is 0.667. The van der Waals surface area contributed by atoms with Crippen molar-refractivity contribution in [3.8, 4) is 0 Å². The van der Waals surface area contributed by atoms with Crippen LogP contribution in [-0.2, 0) is 6.42 Å². The largest absolute Gasteiger partial charge is 0.315 e. The Balaban J connectivity index is 1.76. The van der Waals surface area contributed by atoms with Crippen LogP contribution in [0.15, 0.2) is 24.3 Å². The van der Waals surface area contributed by atoms with Crippen molar-refractivity contribution in [3.05, 3.63) is 35.4 Å². The maximum atomic E-state index is 3.66. The van der Waals surface area contributed by atoms with Gasteiger partial charge in [0.15, 0.2) is 0 Å². The van der Waals surface area contributed by atoms with Gasteiger partial charge in [0.2, 0.25) is 0 Å². The molecule has 0 heterocycles. The molecule has 1 aromatic rings. The Hall–Kier alpha value is -0.860. The molecule has 0 fully saturated rings. The van der Waals surface area contributed by atoms with Crippen molar-refractivity contribution < 1.29 is 0 Å². The minimum atomic E-state index is 0.687. The van der Waals surface area contributed by atoms with Crippen molar-refractivity contribution in [2.45, 2.75) is 51.5 Å². The van der Waals surface area contributed by atoms with E-state index < -0.39 is 0 Å². The number of rotatable bonds is 7. The molecule has 2 atom stereocenters. The molecule has 0 radical (unpaired) electrons. The van der Waals surface area contributed by atoms with Crippen LogP contribution in [0.3, 0.4) is 0 Å². The predicted octanol–water partition coefficient (Wildman–Crippen LogP) is 3.43. The van der Waals surface area contributed by atoms with Gasteiger partial charge in [0, 0.05) is 25.7 Å². The van der Waals surface area contributed by atoms with Crippen LogP contribution in [0.5, 0.6) is 0 Å². The normalized spacial score (nSPS) is 19.9. The molecule has 1 aromatic carbocycles. The maximum Gasteiger partial charge on any atom is 0.0107 e. The minimum Gasteiger partial charge on any atom is -0.315 e. The first-order valence-corrected chi connectivity index (χ1v) is 8.21. The summed E-state index contributed by atoms with van der Waals surface area (Å²) in [6.45, 7) is 7.93. The third kappa shape index (κ3) is 4.07. The van der Waals surface area contributed by atoms with Crippen LogP contribution < -0.4 is 5.32 Å². The summed E-state index contributed by atoms with van der Waals surface area (Å²) >= 11 is 0. The third-order valence-electron chi connectivity index (χ3n) is 4.87. The van der Waals surface area contributed by atoms with E-state index in [9.17, 15) is 0 Å². The van der Waals surface area contributed by atoms with Crippen LogP contribution in [0, 0.1) is 0 Å². The van der Waals surface area contributed by atoms with Crippen molar-refractivity contribution in [2.24, 2.45) is 0 Å². The SMILES string of the molecule is CCC(C)N(C)CCNCC1CCCc2ccccc21. The lowest BCUT2D eigenvalue weighted by Crippen LogP contribution is -2.36. The Kier molecular flexibility index (Phi) is 6.06. The van der Waals surface area contributed by atoms with Gasteiger partial charge in [-0.25, -0.2) is 0 Å². The summed E-state index contributed by atoms with van der Waals surface area (Å²) in [7, 11) is 2.23.